The van der Waals surface area contributed by atoms with Gasteiger partial charge in [0.25, 0.3) is 0 Å². The molecular weight excluding hydrogens is 300 g/mol. The summed E-state index contributed by atoms with van der Waals surface area (Å²) in [5, 5.41) is 10.2. The third-order valence-corrected chi connectivity index (χ3v) is 4.31. The number of nitrogens with one attached hydrogen (secondary N) is 2. The maximum absolute atomic E-state index is 12.3. The summed E-state index contributed by atoms with van der Waals surface area (Å²) in [6.07, 6.45) is 2.14. The Morgan fingerprint density at radius 3 is 3.00 bits per heavy atom. The van der Waals surface area contributed by atoms with Crippen molar-refractivity contribution in [3.05, 3.63) is 35.2 Å². The van der Waals surface area contributed by atoms with Crippen molar-refractivity contribution >= 4 is 29.1 Å². The van der Waals surface area contributed by atoms with Gasteiger partial charge in [0.05, 0.1) is 5.75 Å². The Morgan fingerprint density at radius 2 is 2.23 bits per heavy atom. The van der Waals surface area contributed by atoms with E-state index in [0.29, 0.717) is 22.9 Å². The molecule has 0 atom stereocenters. The summed E-state index contributed by atoms with van der Waals surface area (Å²) in [6.45, 7) is 1.82. The number of aryl methyl sites for hydroxylation is 2. The standard InChI is InChI=1S/C15H16N4O2S/c1-9-16-15(19-18-9)22-8-13(20)11-5-6-12-10(7-11)3-2-4-14(21)17-12/h5-7H,2-4,8H2,1H3,(H,17,21)(H,16,18,19). The molecule has 2 heterocycles. The fourth-order valence-electron chi connectivity index (χ4n) is 2.35. The number of carbonyl (C=O) groups excluding carboxylic acids is 2. The molecule has 2 N–H and O–H groups in total. The van der Waals surface area contributed by atoms with E-state index in [1.54, 1.807) is 6.07 Å². The Hall–Kier alpha value is -2.15. The summed E-state index contributed by atoms with van der Waals surface area (Å²) in [7, 11) is 0. The summed E-state index contributed by atoms with van der Waals surface area (Å²) in [5.74, 6) is 1.09. The Labute approximate surface area is 132 Å². The minimum atomic E-state index is 0.0332. The van der Waals surface area contributed by atoms with Gasteiger partial charge in [-0.25, -0.2) is 4.98 Å². The largest absolute Gasteiger partial charge is 0.326 e. The normalized spacial score (nSPS) is 14.1. The van der Waals surface area contributed by atoms with Crippen molar-refractivity contribution in [2.24, 2.45) is 0 Å². The van der Waals surface area contributed by atoms with Gasteiger partial charge in [-0.1, -0.05) is 11.8 Å². The summed E-state index contributed by atoms with van der Waals surface area (Å²) in [4.78, 5) is 28.0. The quantitative estimate of drug-likeness (QED) is 0.668. The maximum Gasteiger partial charge on any atom is 0.224 e. The monoisotopic (exact) mass is 316 g/mol. The predicted octanol–water partition coefficient (Wildman–Crippen LogP) is 2.36. The van der Waals surface area contributed by atoms with Crippen molar-refractivity contribution in [1.82, 2.24) is 15.2 Å². The van der Waals surface area contributed by atoms with Crippen LogP contribution in [0.5, 0.6) is 0 Å². The second-order valence-electron chi connectivity index (χ2n) is 5.19. The number of benzene rings is 1. The molecule has 3 rings (SSSR count). The van der Waals surface area contributed by atoms with Crippen molar-refractivity contribution in [2.45, 2.75) is 31.3 Å². The van der Waals surface area contributed by atoms with E-state index in [0.717, 1.165) is 29.9 Å². The topological polar surface area (TPSA) is 87.7 Å². The molecule has 0 saturated carbocycles. The van der Waals surface area contributed by atoms with Crippen LogP contribution in [-0.4, -0.2) is 32.6 Å². The number of amides is 1. The molecule has 6 nitrogen and oxygen atoms in total. The van der Waals surface area contributed by atoms with Crippen LogP contribution in [0.15, 0.2) is 23.4 Å². The molecule has 2 aromatic rings. The highest BCUT2D eigenvalue weighted by Crippen LogP contribution is 2.24. The Morgan fingerprint density at radius 1 is 1.36 bits per heavy atom. The minimum Gasteiger partial charge on any atom is -0.326 e. The van der Waals surface area contributed by atoms with Crippen molar-refractivity contribution in [1.29, 1.82) is 0 Å². The average molecular weight is 316 g/mol. The first-order valence-corrected chi connectivity index (χ1v) is 8.08. The third kappa shape index (κ3) is 3.36. The summed E-state index contributed by atoms with van der Waals surface area (Å²) >= 11 is 1.31. The molecule has 1 aromatic heterocycles. The van der Waals surface area contributed by atoms with Crippen LogP contribution >= 0.6 is 11.8 Å². The smallest absolute Gasteiger partial charge is 0.224 e. The zero-order valence-corrected chi connectivity index (χ0v) is 13.0. The van der Waals surface area contributed by atoms with E-state index in [2.05, 4.69) is 20.5 Å². The van der Waals surface area contributed by atoms with Gasteiger partial charge in [-0.2, -0.15) is 0 Å². The van der Waals surface area contributed by atoms with Crippen LogP contribution in [0.2, 0.25) is 0 Å². The van der Waals surface area contributed by atoms with E-state index >= 15 is 0 Å². The Bertz CT molecular complexity index is 726. The van der Waals surface area contributed by atoms with Crippen molar-refractivity contribution in [3.8, 4) is 0 Å². The van der Waals surface area contributed by atoms with E-state index in [1.807, 2.05) is 19.1 Å². The van der Waals surface area contributed by atoms with Crippen LogP contribution in [0.25, 0.3) is 0 Å². The molecule has 0 saturated heterocycles. The van der Waals surface area contributed by atoms with Crippen LogP contribution < -0.4 is 5.32 Å². The first-order chi connectivity index (χ1) is 10.6. The second-order valence-corrected chi connectivity index (χ2v) is 6.13. The molecule has 22 heavy (non-hydrogen) atoms. The number of carbonyl (C=O) groups is 2. The van der Waals surface area contributed by atoms with Gasteiger partial charge in [-0.3, -0.25) is 14.7 Å². The minimum absolute atomic E-state index is 0.0332. The van der Waals surface area contributed by atoms with E-state index < -0.39 is 0 Å². The molecule has 0 radical (unpaired) electrons. The molecule has 1 amide bonds. The van der Waals surface area contributed by atoms with E-state index in [1.165, 1.54) is 11.8 Å². The number of rotatable bonds is 4. The van der Waals surface area contributed by atoms with E-state index in [-0.39, 0.29) is 11.7 Å². The lowest BCUT2D eigenvalue weighted by Crippen LogP contribution is -2.10. The lowest BCUT2D eigenvalue weighted by atomic mass is 10.0. The van der Waals surface area contributed by atoms with Gasteiger partial charge in [0, 0.05) is 17.7 Å². The van der Waals surface area contributed by atoms with E-state index in [4.69, 9.17) is 0 Å². The third-order valence-electron chi connectivity index (χ3n) is 3.46. The number of anilines is 1. The van der Waals surface area contributed by atoms with Crippen LogP contribution in [0.4, 0.5) is 5.69 Å². The molecule has 0 unspecified atom stereocenters. The summed E-state index contributed by atoms with van der Waals surface area (Å²) < 4.78 is 0. The molecule has 0 fully saturated rings. The number of nitrogens with zero attached hydrogens (tertiary/aromatic N) is 2. The molecule has 0 spiro atoms. The lowest BCUT2D eigenvalue weighted by Gasteiger charge is -2.08. The number of hydrogen-bond acceptors (Lipinski definition) is 5. The van der Waals surface area contributed by atoms with Crippen LogP contribution in [0, 0.1) is 6.92 Å². The SMILES string of the molecule is Cc1nc(SCC(=O)c2ccc3c(c2)CCCC(=O)N3)n[nH]1. The number of aromatic nitrogens is 3. The molecule has 114 valence electrons. The van der Waals surface area contributed by atoms with Crippen LogP contribution in [0.1, 0.15) is 34.6 Å². The number of ketones is 1. The molecular formula is C15H16N4O2S. The predicted molar refractivity (Wildman–Crippen MR) is 84.2 cm³/mol. The zero-order chi connectivity index (χ0) is 15.5. The number of aromatic amines is 1. The maximum atomic E-state index is 12.3. The zero-order valence-electron chi connectivity index (χ0n) is 12.2. The van der Waals surface area contributed by atoms with Gasteiger partial charge in [-0.15, -0.1) is 5.10 Å². The first-order valence-electron chi connectivity index (χ1n) is 7.09. The van der Waals surface area contributed by atoms with Crippen molar-refractivity contribution < 1.29 is 9.59 Å². The van der Waals surface area contributed by atoms with Gasteiger partial charge in [0.15, 0.2) is 5.78 Å². The summed E-state index contributed by atoms with van der Waals surface area (Å²) in [5.41, 5.74) is 2.50. The van der Waals surface area contributed by atoms with Gasteiger partial charge >= 0.3 is 0 Å². The lowest BCUT2D eigenvalue weighted by molar-refractivity contribution is -0.116. The fourth-order valence-corrected chi connectivity index (χ4v) is 3.09. The van der Waals surface area contributed by atoms with Gasteiger partial charge in [-0.05, 0) is 43.5 Å². The van der Waals surface area contributed by atoms with Crippen molar-refractivity contribution in [3.63, 3.8) is 0 Å². The number of thioether (sulfide) groups is 1. The Kier molecular flexibility index (Phi) is 4.24. The number of H-pyrrole nitrogens is 1. The highest BCUT2D eigenvalue weighted by atomic mass is 32.2. The number of Topliss-reactive ketones (excluding diaryl/α,β-unsaturated/α-hetero) is 1. The van der Waals surface area contributed by atoms with Crippen LogP contribution in [0.3, 0.4) is 0 Å². The number of hydrogen-bond donors (Lipinski definition) is 2. The summed E-state index contributed by atoms with van der Waals surface area (Å²) in [6, 6.07) is 5.46. The molecule has 1 aliphatic heterocycles. The Balaban J connectivity index is 1.70. The molecule has 0 aliphatic carbocycles. The number of fused-ring (bicyclic) bond motifs is 1. The van der Waals surface area contributed by atoms with Crippen LogP contribution in [-0.2, 0) is 11.2 Å². The second kappa shape index (κ2) is 6.31. The van der Waals surface area contributed by atoms with Crippen molar-refractivity contribution in [2.75, 3.05) is 11.1 Å². The highest BCUT2D eigenvalue weighted by molar-refractivity contribution is 7.99. The molecule has 1 aliphatic rings. The van der Waals surface area contributed by atoms with E-state index in [9.17, 15) is 9.59 Å². The van der Waals surface area contributed by atoms with Gasteiger partial charge in [0.1, 0.15) is 5.82 Å². The molecule has 7 heteroatoms. The highest BCUT2D eigenvalue weighted by Gasteiger charge is 2.15. The van der Waals surface area contributed by atoms with Gasteiger partial charge < -0.3 is 5.32 Å². The molecule has 1 aromatic carbocycles. The fraction of sp³-hybridized carbons (Fsp3) is 0.333. The molecule has 0 bridgehead atoms. The first kappa shape index (κ1) is 14.8. The average Bonchev–Trinajstić information content (AvgIpc) is 2.82. The van der Waals surface area contributed by atoms with Gasteiger partial charge in [0.2, 0.25) is 11.1 Å².